The third-order valence-electron chi connectivity index (χ3n) is 10.0. The number of rotatable bonds is 5. The summed E-state index contributed by atoms with van der Waals surface area (Å²) in [4.78, 5) is 0. The summed E-state index contributed by atoms with van der Waals surface area (Å²) >= 11 is 1.87. The first-order valence-electron chi connectivity index (χ1n) is 19.1. The smallest absolute Gasteiger partial charge is 0.0541 e. The summed E-state index contributed by atoms with van der Waals surface area (Å²) in [5, 5.41) is 5.19. The standard InChI is InChI=1S/C48H31NS.2C2H6/c1-2-10-32(11-3-1)34-12-8-14-36(28-34)37-15-9-13-35(29-37)33-20-24-40(25-21-33)49-45-18-6-4-16-41(45)43-30-38(22-26-46(43)49)39-23-27-48-44(31-39)42-17-5-7-19-47(42)50-48;2*1-2/h1-31H;2*1-2H3. The number of para-hydroxylation sites is 1. The Morgan fingerprint density at radius 1 is 0.296 bits per heavy atom. The molecule has 1 nitrogen and oxygen atoms in total. The van der Waals surface area contributed by atoms with Gasteiger partial charge in [0.1, 0.15) is 0 Å². The highest BCUT2D eigenvalue weighted by Gasteiger charge is 2.14. The Balaban J connectivity index is 0.00000100. The van der Waals surface area contributed by atoms with E-state index >= 15 is 0 Å². The summed E-state index contributed by atoms with van der Waals surface area (Å²) in [6.45, 7) is 8.00. The number of hydrogen-bond acceptors (Lipinski definition) is 1. The fraction of sp³-hybridized carbons (Fsp3) is 0.0769. The van der Waals surface area contributed by atoms with Crippen molar-refractivity contribution < 1.29 is 0 Å². The number of nitrogens with zero attached hydrogens (tertiary/aromatic N) is 1. The highest BCUT2D eigenvalue weighted by Crippen LogP contribution is 2.39. The Hall–Kier alpha value is -6.22. The lowest BCUT2D eigenvalue weighted by Crippen LogP contribution is -1.93. The third-order valence-corrected chi connectivity index (χ3v) is 11.2. The average Bonchev–Trinajstić information content (AvgIpc) is 3.81. The van der Waals surface area contributed by atoms with Gasteiger partial charge in [-0.15, -0.1) is 11.3 Å². The molecule has 262 valence electrons. The van der Waals surface area contributed by atoms with Crippen molar-refractivity contribution in [1.82, 2.24) is 4.57 Å². The van der Waals surface area contributed by atoms with Crippen LogP contribution in [0, 0.1) is 0 Å². The van der Waals surface area contributed by atoms with E-state index in [2.05, 4.69) is 193 Å². The molecular formula is C52H43NS. The van der Waals surface area contributed by atoms with Crippen LogP contribution in [-0.2, 0) is 0 Å². The van der Waals surface area contributed by atoms with Crippen molar-refractivity contribution >= 4 is 53.3 Å². The molecule has 0 aliphatic rings. The molecule has 0 atom stereocenters. The quantitative estimate of drug-likeness (QED) is 0.167. The number of fused-ring (bicyclic) bond motifs is 6. The summed E-state index contributed by atoms with van der Waals surface area (Å²) in [6.07, 6.45) is 0. The van der Waals surface area contributed by atoms with Crippen LogP contribution >= 0.6 is 11.3 Å². The first-order chi connectivity index (χ1) is 26.8. The molecule has 0 bridgehead atoms. The molecule has 0 saturated heterocycles. The Kier molecular flexibility index (Phi) is 9.94. The summed E-state index contributed by atoms with van der Waals surface area (Å²) in [5.74, 6) is 0. The average molecular weight is 714 g/mol. The third kappa shape index (κ3) is 6.40. The summed E-state index contributed by atoms with van der Waals surface area (Å²) in [7, 11) is 0. The van der Waals surface area contributed by atoms with E-state index in [1.54, 1.807) is 0 Å². The van der Waals surface area contributed by atoms with Crippen LogP contribution in [0.1, 0.15) is 27.7 Å². The van der Waals surface area contributed by atoms with Crippen LogP contribution in [-0.4, -0.2) is 4.57 Å². The highest BCUT2D eigenvalue weighted by molar-refractivity contribution is 7.25. The van der Waals surface area contributed by atoms with Gasteiger partial charge in [-0.1, -0.05) is 155 Å². The number of benzene rings is 8. The molecule has 0 unspecified atom stereocenters. The van der Waals surface area contributed by atoms with Crippen LogP contribution < -0.4 is 0 Å². The maximum Gasteiger partial charge on any atom is 0.0541 e. The van der Waals surface area contributed by atoms with E-state index in [1.807, 2.05) is 39.0 Å². The van der Waals surface area contributed by atoms with Crippen molar-refractivity contribution in [2.75, 3.05) is 0 Å². The normalized spacial score (nSPS) is 11.0. The van der Waals surface area contributed by atoms with Crippen molar-refractivity contribution in [3.05, 3.63) is 188 Å². The van der Waals surface area contributed by atoms with Gasteiger partial charge < -0.3 is 4.57 Å². The van der Waals surface area contributed by atoms with Gasteiger partial charge in [0.2, 0.25) is 0 Å². The maximum atomic E-state index is 2.40. The Morgan fingerprint density at radius 3 is 1.43 bits per heavy atom. The second-order valence-corrected chi connectivity index (χ2v) is 14.1. The molecule has 0 fully saturated rings. The van der Waals surface area contributed by atoms with E-state index in [-0.39, 0.29) is 0 Å². The molecule has 54 heavy (non-hydrogen) atoms. The molecule has 0 spiro atoms. The molecule has 0 N–H and O–H groups in total. The second kappa shape index (κ2) is 15.4. The predicted molar refractivity (Wildman–Crippen MR) is 238 cm³/mol. The van der Waals surface area contributed by atoms with Gasteiger partial charge in [0.15, 0.2) is 0 Å². The van der Waals surface area contributed by atoms with Gasteiger partial charge in [-0.05, 0) is 105 Å². The molecule has 0 radical (unpaired) electrons. The van der Waals surface area contributed by atoms with Gasteiger partial charge in [0, 0.05) is 36.6 Å². The largest absolute Gasteiger partial charge is 0.309 e. The molecule has 0 saturated carbocycles. The fourth-order valence-electron chi connectivity index (χ4n) is 7.53. The predicted octanol–water partition coefficient (Wildman–Crippen LogP) is 15.9. The van der Waals surface area contributed by atoms with Crippen LogP contribution in [0.15, 0.2) is 188 Å². The van der Waals surface area contributed by atoms with Crippen LogP contribution in [0.3, 0.4) is 0 Å². The van der Waals surface area contributed by atoms with Crippen LogP contribution in [0.5, 0.6) is 0 Å². The lowest BCUT2D eigenvalue weighted by atomic mass is 9.96. The van der Waals surface area contributed by atoms with Gasteiger partial charge in [-0.25, -0.2) is 0 Å². The van der Waals surface area contributed by atoms with E-state index in [4.69, 9.17) is 0 Å². The molecule has 0 amide bonds. The van der Waals surface area contributed by atoms with E-state index in [0.29, 0.717) is 0 Å². The van der Waals surface area contributed by atoms with Crippen LogP contribution in [0.2, 0.25) is 0 Å². The minimum absolute atomic E-state index is 1.16. The van der Waals surface area contributed by atoms with E-state index in [0.717, 1.165) is 5.69 Å². The number of thiophene rings is 1. The van der Waals surface area contributed by atoms with Gasteiger partial charge >= 0.3 is 0 Å². The van der Waals surface area contributed by atoms with E-state index < -0.39 is 0 Å². The lowest BCUT2D eigenvalue weighted by Gasteiger charge is -2.11. The second-order valence-electron chi connectivity index (χ2n) is 13.0. The maximum absolute atomic E-state index is 2.40. The zero-order valence-corrected chi connectivity index (χ0v) is 32.1. The topological polar surface area (TPSA) is 4.93 Å². The van der Waals surface area contributed by atoms with Crippen LogP contribution in [0.4, 0.5) is 0 Å². The minimum atomic E-state index is 1.16. The van der Waals surface area contributed by atoms with Crippen molar-refractivity contribution in [2.45, 2.75) is 27.7 Å². The zero-order chi connectivity index (χ0) is 37.0. The van der Waals surface area contributed by atoms with Gasteiger partial charge in [-0.2, -0.15) is 0 Å². The highest BCUT2D eigenvalue weighted by atomic mass is 32.1. The SMILES string of the molecule is CC.CC.c1ccc(-c2cccc(-c3cccc(-c4ccc(-n5c6ccccc6c6cc(-c7ccc8sc9ccccc9c8c7)ccc65)cc4)c3)c2)cc1. The summed E-state index contributed by atoms with van der Waals surface area (Å²) in [6, 6.07) is 68.6. The monoisotopic (exact) mass is 713 g/mol. The van der Waals surface area contributed by atoms with Gasteiger partial charge in [0.05, 0.1) is 11.0 Å². The molecule has 8 aromatic carbocycles. The van der Waals surface area contributed by atoms with Crippen molar-refractivity contribution in [3.63, 3.8) is 0 Å². The molecular weight excluding hydrogens is 671 g/mol. The lowest BCUT2D eigenvalue weighted by molar-refractivity contribution is 1.18. The molecule has 2 heterocycles. The minimum Gasteiger partial charge on any atom is -0.309 e. The molecule has 2 heteroatoms. The molecule has 0 aliphatic heterocycles. The van der Waals surface area contributed by atoms with Crippen molar-refractivity contribution in [2.24, 2.45) is 0 Å². The Labute approximate surface area is 322 Å². The number of aromatic nitrogens is 1. The van der Waals surface area contributed by atoms with Crippen LogP contribution in [0.25, 0.3) is 92.2 Å². The first kappa shape index (κ1) is 34.8. The molecule has 0 aliphatic carbocycles. The van der Waals surface area contributed by atoms with Crippen molar-refractivity contribution in [3.8, 4) is 50.2 Å². The molecule has 10 aromatic rings. The summed E-state index contributed by atoms with van der Waals surface area (Å²) < 4.78 is 5.07. The van der Waals surface area contributed by atoms with E-state index in [9.17, 15) is 0 Å². The number of hydrogen-bond donors (Lipinski definition) is 0. The summed E-state index contributed by atoms with van der Waals surface area (Å²) in [5.41, 5.74) is 13.4. The molecule has 2 aromatic heterocycles. The Morgan fingerprint density at radius 2 is 0.741 bits per heavy atom. The molecule has 10 rings (SSSR count). The van der Waals surface area contributed by atoms with Gasteiger partial charge in [0.25, 0.3) is 0 Å². The first-order valence-corrected chi connectivity index (χ1v) is 19.9. The fourth-order valence-corrected chi connectivity index (χ4v) is 8.61. The van der Waals surface area contributed by atoms with Crippen molar-refractivity contribution in [1.29, 1.82) is 0 Å². The van der Waals surface area contributed by atoms with E-state index in [1.165, 1.54) is 86.5 Å². The van der Waals surface area contributed by atoms with Gasteiger partial charge in [-0.3, -0.25) is 0 Å². The zero-order valence-electron chi connectivity index (χ0n) is 31.3. The Bertz CT molecular complexity index is 2860.